The maximum Gasteiger partial charge on any atom is 0.142 e. The summed E-state index contributed by atoms with van der Waals surface area (Å²) in [5, 5.41) is 0.713. The lowest BCUT2D eigenvalue weighted by atomic mass is 10.1. The number of fused-ring (bicyclic) bond motifs is 1. The van der Waals surface area contributed by atoms with Crippen LogP contribution in [0.4, 0.5) is 0 Å². The standard InChI is InChI=1S/C24H23ClN2O/c1-17-12-13-19(16-18(17)2)28-15-7-14-27-23-11-6-5-10-22(23)26-24(27)20-8-3-4-9-21(20)25/h3-6,8-13,16H,7,14-15H2,1-2H3. The van der Waals surface area contributed by atoms with E-state index >= 15 is 0 Å². The third-order valence-corrected chi connectivity index (χ3v) is 5.37. The van der Waals surface area contributed by atoms with Gasteiger partial charge >= 0.3 is 0 Å². The van der Waals surface area contributed by atoms with Gasteiger partial charge in [0.05, 0.1) is 22.7 Å². The third kappa shape index (κ3) is 3.76. The fourth-order valence-electron chi connectivity index (χ4n) is 3.37. The number of imidazole rings is 1. The molecule has 142 valence electrons. The van der Waals surface area contributed by atoms with Crippen LogP contribution in [0.25, 0.3) is 22.4 Å². The summed E-state index contributed by atoms with van der Waals surface area (Å²) in [6.45, 7) is 5.68. The molecule has 0 aliphatic heterocycles. The molecule has 1 aromatic heterocycles. The number of ether oxygens (including phenoxy) is 1. The molecule has 0 spiro atoms. The predicted octanol–water partition coefficient (Wildman–Crippen LogP) is 6.44. The summed E-state index contributed by atoms with van der Waals surface area (Å²) in [6, 6.07) is 22.3. The van der Waals surface area contributed by atoms with Gasteiger partial charge in [0, 0.05) is 12.1 Å². The summed E-state index contributed by atoms with van der Waals surface area (Å²) in [4.78, 5) is 4.84. The second-order valence-electron chi connectivity index (χ2n) is 7.00. The van der Waals surface area contributed by atoms with E-state index in [-0.39, 0.29) is 0 Å². The zero-order valence-electron chi connectivity index (χ0n) is 16.2. The van der Waals surface area contributed by atoms with Crippen molar-refractivity contribution in [1.29, 1.82) is 0 Å². The van der Waals surface area contributed by atoms with Gasteiger partial charge in [-0.05, 0) is 67.8 Å². The fraction of sp³-hybridized carbons (Fsp3) is 0.208. The van der Waals surface area contributed by atoms with Crippen molar-refractivity contribution >= 4 is 22.6 Å². The van der Waals surface area contributed by atoms with E-state index in [1.165, 1.54) is 11.1 Å². The number of aromatic nitrogens is 2. The SMILES string of the molecule is Cc1ccc(OCCCn2c(-c3ccccc3Cl)nc3ccccc32)cc1C. The van der Waals surface area contributed by atoms with Crippen LogP contribution < -0.4 is 4.74 Å². The number of nitrogens with zero attached hydrogens (tertiary/aromatic N) is 2. The van der Waals surface area contributed by atoms with Crippen molar-refractivity contribution in [2.45, 2.75) is 26.8 Å². The first-order chi connectivity index (χ1) is 13.6. The molecule has 4 heteroatoms. The minimum Gasteiger partial charge on any atom is -0.494 e. The summed E-state index contributed by atoms with van der Waals surface area (Å²) >= 11 is 6.45. The largest absolute Gasteiger partial charge is 0.494 e. The Bertz CT molecular complexity index is 1120. The zero-order chi connectivity index (χ0) is 19.5. The van der Waals surface area contributed by atoms with Crippen LogP contribution in [-0.4, -0.2) is 16.2 Å². The predicted molar refractivity (Wildman–Crippen MR) is 116 cm³/mol. The van der Waals surface area contributed by atoms with Gasteiger partial charge in [-0.3, -0.25) is 0 Å². The van der Waals surface area contributed by atoms with E-state index in [1.54, 1.807) is 0 Å². The maximum atomic E-state index is 6.45. The number of benzene rings is 3. The van der Waals surface area contributed by atoms with Crippen molar-refractivity contribution in [3.63, 3.8) is 0 Å². The second kappa shape index (κ2) is 8.07. The van der Waals surface area contributed by atoms with E-state index in [2.05, 4.69) is 36.6 Å². The van der Waals surface area contributed by atoms with Crippen molar-refractivity contribution in [2.75, 3.05) is 6.61 Å². The second-order valence-corrected chi connectivity index (χ2v) is 7.41. The first-order valence-corrected chi connectivity index (χ1v) is 9.91. The molecule has 0 aliphatic rings. The Morgan fingerprint density at radius 1 is 0.929 bits per heavy atom. The molecule has 0 radical (unpaired) electrons. The van der Waals surface area contributed by atoms with Gasteiger partial charge in [0.25, 0.3) is 0 Å². The van der Waals surface area contributed by atoms with Crippen LogP contribution in [0, 0.1) is 13.8 Å². The minimum atomic E-state index is 0.650. The number of hydrogen-bond acceptors (Lipinski definition) is 2. The molecule has 0 saturated carbocycles. The molecule has 1 heterocycles. The van der Waals surface area contributed by atoms with Crippen LogP contribution in [0.1, 0.15) is 17.5 Å². The highest BCUT2D eigenvalue weighted by atomic mass is 35.5. The van der Waals surface area contributed by atoms with Gasteiger partial charge in [-0.25, -0.2) is 4.98 Å². The Balaban J connectivity index is 1.55. The quantitative estimate of drug-likeness (QED) is 0.354. The topological polar surface area (TPSA) is 27.1 Å². The molecular formula is C24H23ClN2O. The summed E-state index contributed by atoms with van der Waals surface area (Å²) in [5.41, 5.74) is 5.58. The molecule has 0 bridgehead atoms. The summed E-state index contributed by atoms with van der Waals surface area (Å²) in [6.07, 6.45) is 0.880. The lowest BCUT2D eigenvalue weighted by molar-refractivity contribution is 0.302. The number of hydrogen-bond donors (Lipinski definition) is 0. The van der Waals surface area contributed by atoms with E-state index in [9.17, 15) is 0 Å². The molecule has 4 rings (SSSR count). The number of para-hydroxylation sites is 2. The molecule has 0 saturated heterocycles. The van der Waals surface area contributed by atoms with Crippen molar-refractivity contribution in [3.8, 4) is 17.1 Å². The lowest BCUT2D eigenvalue weighted by Crippen LogP contribution is -2.06. The fourth-order valence-corrected chi connectivity index (χ4v) is 3.59. The molecule has 28 heavy (non-hydrogen) atoms. The highest BCUT2D eigenvalue weighted by Crippen LogP contribution is 2.30. The Kier molecular flexibility index (Phi) is 5.36. The Morgan fingerprint density at radius 3 is 2.54 bits per heavy atom. The van der Waals surface area contributed by atoms with Crippen LogP contribution in [0.3, 0.4) is 0 Å². The van der Waals surface area contributed by atoms with E-state index < -0.39 is 0 Å². The van der Waals surface area contributed by atoms with Crippen molar-refractivity contribution in [1.82, 2.24) is 9.55 Å². The molecule has 0 unspecified atom stereocenters. The molecule has 0 aliphatic carbocycles. The Morgan fingerprint density at radius 2 is 1.71 bits per heavy atom. The molecule has 0 amide bonds. The lowest BCUT2D eigenvalue weighted by Gasteiger charge is -2.12. The maximum absolute atomic E-state index is 6.45. The van der Waals surface area contributed by atoms with Gasteiger partial charge in [0.2, 0.25) is 0 Å². The molecule has 3 nitrogen and oxygen atoms in total. The normalized spacial score (nSPS) is 11.1. The average molecular weight is 391 g/mol. The summed E-state index contributed by atoms with van der Waals surface area (Å²) in [5.74, 6) is 1.82. The van der Waals surface area contributed by atoms with E-state index in [4.69, 9.17) is 21.3 Å². The molecule has 0 atom stereocenters. The number of aryl methyl sites for hydroxylation is 3. The zero-order valence-corrected chi connectivity index (χ0v) is 16.9. The van der Waals surface area contributed by atoms with Gasteiger partial charge in [-0.15, -0.1) is 0 Å². The number of halogens is 1. The minimum absolute atomic E-state index is 0.650. The first kappa shape index (κ1) is 18.6. The third-order valence-electron chi connectivity index (χ3n) is 5.04. The van der Waals surface area contributed by atoms with Crippen LogP contribution in [0.15, 0.2) is 66.7 Å². The highest BCUT2D eigenvalue weighted by Gasteiger charge is 2.14. The number of rotatable bonds is 6. The average Bonchev–Trinajstić information content (AvgIpc) is 3.07. The van der Waals surface area contributed by atoms with Crippen LogP contribution in [0.2, 0.25) is 5.02 Å². The van der Waals surface area contributed by atoms with Crippen LogP contribution in [0.5, 0.6) is 5.75 Å². The molecule has 4 aromatic rings. The van der Waals surface area contributed by atoms with Crippen molar-refractivity contribution < 1.29 is 4.74 Å². The van der Waals surface area contributed by atoms with Crippen molar-refractivity contribution in [2.24, 2.45) is 0 Å². The summed E-state index contributed by atoms with van der Waals surface area (Å²) < 4.78 is 8.20. The summed E-state index contributed by atoms with van der Waals surface area (Å²) in [7, 11) is 0. The Hall–Kier alpha value is -2.78. The van der Waals surface area contributed by atoms with Crippen LogP contribution in [-0.2, 0) is 6.54 Å². The highest BCUT2D eigenvalue weighted by molar-refractivity contribution is 6.33. The van der Waals surface area contributed by atoms with E-state index in [1.807, 2.05) is 48.5 Å². The first-order valence-electron chi connectivity index (χ1n) is 9.54. The smallest absolute Gasteiger partial charge is 0.142 e. The van der Waals surface area contributed by atoms with Gasteiger partial charge in [-0.2, -0.15) is 0 Å². The molecule has 0 fully saturated rings. The Labute approximate surface area is 170 Å². The van der Waals surface area contributed by atoms with E-state index in [0.29, 0.717) is 11.6 Å². The molecule has 0 N–H and O–H groups in total. The van der Waals surface area contributed by atoms with Gasteiger partial charge in [0.1, 0.15) is 11.6 Å². The monoisotopic (exact) mass is 390 g/mol. The molecule has 3 aromatic carbocycles. The van der Waals surface area contributed by atoms with Gasteiger partial charge in [0.15, 0.2) is 0 Å². The van der Waals surface area contributed by atoms with Gasteiger partial charge in [-0.1, -0.05) is 41.9 Å². The van der Waals surface area contributed by atoms with Crippen molar-refractivity contribution in [3.05, 3.63) is 82.9 Å². The van der Waals surface area contributed by atoms with Crippen LogP contribution >= 0.6 is 11.6 Å². The van der Waals surface area contributed by atoms with E-state index in [0.717, 1.165) is 41.1 Å². The van der Waals surface area contributed by atoms with Gasteiger partial charge < -0.3 is 9.30 Å². The molecular weight excluding hydrogens is 368 g/mol.